The lowest BCUT2D eigenvalue weighted by Gasteiger charge is -2.14. The fourth-order valence-corrected chi connectivity index (χ4v) is 4.40. The third-order valence-electron chi connectivity index (χ3n) is 5.10. The van der Waals surface area contributed by atoms with Crippen LogP contribution in [0.5, 0.6) is 0 Å². The molecule has 144 valence electrons. The van der Waals surface area contributed by atoms with Crippen LogP contribution in [-0.4, -0.2) is 25.9 Å². The molecule has 1 amide bonds. The molecule has 4 rings (SSSR count). The van der Waals surface area contributed by atoms with Gasteiger partial charge in [0.2, 0.25) is 5.91 Å². The number of carbonyl (C=O) groups is 1. The molecule has 0 saturated carbocycles. The smallest absolute Gasteiger partial charge is 0.237 e. The molecule has 0 aliphatic heterocycles. The minimum Gasteiger partial charge on any atom is -0.325 e. The zero-order valence-corrected chi connectivity index (χ0v) is 17.0. The average molecular weight is 393 g/mol. The molecule has 28 heavy (non-hydrogen) atoms. The van der Waals surface area contributed by atoms with E-state index in [-0.39, 0.29) is 11.2 Å². The molecule has 5 nitrogen and oxygen atoms in total. The topological polar surface area (TPSA) is 59.8 Å². The number of amides is 1. The summed E-state index contributed by atoms with van der Waals surface area (Å²) in [5, 5.41) is 12.0. The largest absolute Gasteiger partial charge is 0.325 e. The summed E-state index contributed by atoms with van der Waals surface area (Å²) in [4.78, 5) is 12.7. The maximum absolute atomic E-state index is 12.7. The number of carbonyl (C=O) groups excluding carboxylic acids is 1. The van der Waals surface area contributed by atoms with Gasteiger partial charge in [-0.05, 0) is 61.9 Å². The predicted octanol–water partition coefficient (Wildman–Crippen LogP) is 4.24. The quantitative estimate of drug-likeness (QED) is 0.638. The van der Waals surface area contributed by atoms with Gasteiger partial charge in [-0.1, -0.05) is 48.2 Å². The first kappa shape index (κ1) is 18.7. The first-order valence-electron chi connectivity index (χ1n) is 9.63. The Labute approximate surface area is 169 Å². The van der Waals surface area contributed by atoms with Crippen LogP contribution in [0.2, 0.25) is 0 Å². The minimum absolute atomic E-state index is 0.0186. The molecule has 0 radical (unpaired) electrons. The molecule has 6 heteroatoms. The zero-order valence-electron chi connectivity index (χ0n) is 16.2. The van der Waals surface area contributed by atoms with E-state index >= 15 is 0 Å². The molecular formula is C22H24N4OS. The number of fused-ring (bicyclic) bond motifs is 1. The van der Waals surface area contributed by atoms with Gasteiger partial charge >= 0.3 is 0 Å². The van der Waals surface area contributed by atoms with E-state index in [1.807, 2.05) is 38.1 Å². The van der Waals surface area contributed by atoms with Gasteiger partial charge in [0.1, 0.15) is 5.82 Å². The summed E-state index contributed by atoms with van der Waals surface area (Å²) < 4.78 is 2.05. The highest BCUT2D eigenvalue weighted by atomic mass is 32.2. The van der Waals surface area contributed by atoms with Crippen LogP contribution in [-0.2, 0) is 24.2 Å². The van der Waals surface area contributed by atoms with Crippen LogP contribution in [0.3, 0.4) is 0 Å². The van der Waals surface area contributed by atoms with Crippen LogP contribution >= 0.6 is 11.8 Å². The van der Waals surface area contributed by atoms with E-state index in [1.165, 1.54) is 34.9 Å². The van der Waals surface area contributed by atoms with Gasteiger partial charge in [-0.25, -0.2) is 0 Å². The Bertz CT molecular complexity index is 983. The Hall–Kier alpha value is -2.60. The summed E-state index contributed by atoms with van der Waals surface area (Å²) in [6.07, 6.45) is 3.45. The molecule has 3 aromatic rings. The maximum atomic E-state index is 12.7. The Morgan fingerprint density at radius 1 is 1.14 bits per heavy atom. The lowest BCUT2D eigenvalue weighted by atomic mass is 10.1. The van der Waals surface area contributed by atoms with Crippen molar-refractivity contribution >= 4 is 23.4 Å². The number of nitrogens with zero attached hydrogens (tertiary/aromatic N) is 3. The summed E-state index contributed by atoms with van der Waals surface area (Å²) >= 11 is 1.44. The Kier molecular flexibility index (Phi) is 5.48. The van der Waals surface area contributed by atoms with Crippen LogP contribution in [0.1, 0.15) is 35.9 Å². The summed E-state index contributed by atoms with van der Waals surface area (Å²) in [6, 6.07) is 16.5. The van der Waals surface area contributed by atoms with E-state index in [2.05, 4.69) is 44.3 Å². The van der Waals surface area contributed by atoms with Crippen molar-refractivity contribution in [2.24, 2.45) is 0 Å². The van der Waals surface area contributed by atoms with Gasteiger partial charge in [0.25, 0.3) is 0 Å². The van der Waals surface area contributed by atoms with Crippen molar-refractivity contribution in [1.82, 2.24) is 14.8 Å². The summed E-state index contributed by atoms with van der Waals surface area (Å²) in [5.74, 6) is 0.826. The third kappa shape index (κ3) is 4.12. The molecule has 1 aromatic heterocycles. The number of aromatic nitrogens is 3. The number of hydrogen-bond acceptors (Lipinski definition) is 4. The third-order valence-corrected chi connectivity index (χ3v) is 6.18. The number of anilines is 1. The number of nitrogens with one attached hydrogen (secondary N) is 1. The van der Waals surface area contributed by atoms with Gasteiger partial charge in [-0.15, -0.1) is 10.2 Å². The van der Waals surface area contributed by atoms with Gasteiger partial charge in [-0.2, -0.15) is 0 Å². The van der Waals surface area contributed by atoms with E-state index in [9.17, 15) is 4.79 Å². The summed E-state index contributed by atoms with van der Waals surface area (Å²) in [7, 11) is 0. The van der Waals surface area contributed by atoms with Crippen molar-refractivity contribution in [3.8, 4) is 0 Å². The number of aryl methyl sites for hydroxylation is 3. The number of thioether (sulfide) groups is 1. The summed E-state index contributed by atoms with van der Waals surface area (Å²) in [6.45, 7) is 4.54. The van der Waals surface area contributed by atoms with Crippen LogP contribution in [0.4, 0.5) is 5.69 Å². The second-order valence-corrected chi connectivity index (χ2v) is 8.50. The molecule has 1 aliphatic rings. The molecule has 0 fully saturated rings. The molecule has 1 aliphatic carbocycles. The molecule has 0 spiro atoms. The molecule has 2 aromatic carbocycles. The Balaban J connectivity index is 1.43. The van der Waals surface area contributed by atoms with Crippen LogP contribution in [0.25, 0.3) is 0 Å². The normalized spacial score (nSPS) is 13.9. The van der Waals surface area contributed by atoms with Gasteiger partial charge in [-0.3, -0.25) is 4.79 Å². The van der Waals surface area contributed by atoms with E-state index in [1.54, 1.807) is 0 Å². The fourth-order valence-electron chi connectivity index (χ4n) is 3.50. The Morgan fingerprint density at radius 2 is 1.93 bits per heavy atom. The lowest BCUT2D eigenvalue weighted by Crippen LogP contribution is -2.23. The number of benzene rings is 2. The standard InChI is InChI=1S/C22H24N4OS/c1-15(21(27)23-20-12-11-18-9-6-10-19(18)13-20)28-22-25-24-16(2)26(22)14-17-7-4-3-5-8-17/h3-5,7-8,11-13,15H,6,9-10,14H2,1-2H3,(H,23,27). The molecule has 0 bridgehead atoms. The highest BCUT2D eigenvalue weighted by Gasteiger charge is 2.20. The predicted molar refractivity (Wildman–Crippen MR) is 113 cm³/mol. The first-order chi connectivity index (χ1) is 13.6. The highest BCUT2D eigenvalue weighted by Crippen LogP contribution is 2.27. The molecule has 1 unspecified atom stereocenters. The van der Waals surface area contributed by atoms with E-state index in [4.69, 9.17) is 0 Å². The van der Waals surface area contributed by atoms with Crippen molar-refractivity contribution in [1.29, 1.82) is 0 Å². The van der Waals surface area contributed by atoms with Crippen LogP contribution in [0.15, 0.2) is 53.7 Å². The van der Waals surface area contributed by atoms with Crippen molar-refractivity contribution in [2.75, 3.05) is 5.32 Å². The zero-order chi connectivity index (χ0) is 19.5. The SMILES string of the molecule is Cc1nnc(SC(C)C(=O)Nc2ccc3c(c2)CCC3)n1Cc1ccccc1. The fraction of sp³-hybridized carbons (Fsp3) is 0.318. The Morgan fingerprint density at radius 3 is 2.75 bits per heavy atom. The second-order valence-electron chi connectivity index (χ2n) is 7.19. The van der Waals surface area contributed by atoms with Gasteiger partial charge in [0.15, 0.2) is 5.16 Å². The minimum atomic E-state index is -0.272. The summed E-state index contributed by atoms with van der Waals surface area (Å²) in [5.41, 5.74) is 4.82. The first-order valence-corrected chi connectivity index (χ1v) is 10.5. The van der Waals surface area contributed by atoms with E-state index < -0.39 is 0 Å². The molecular weight excluding hydrogens is 368 g/mol. The maximum Gasteiger partial charge on any atom is 0.237 e. The number of rotatable bonds is 6. The van der Waals surface area contributed by atoms with E-state index in [0.29, 0.717) is 6.54 Å². The lowest BCUT2D eigenvalue weighted by molar-refractivity contribution is -0.115. The molecule has 1 heterocycles. The monoisotopic (exact) mass is 392 g/mol. The van der Waals surface area contributed by atoms with Crippen molar-refractivity contribution in [3.63, 3.8) is 0 Å². The molecule has 1 atom stereocenters. The second kappa shape index (κ2) is 8.19. The van der Waals surface area contributed by atoms with Gasteiger partial charge in [0, 0.05) is 5.69 Å². The van der Waals surface area contributed by atoms with Crippen LogP contribution < -0.4 is 5.32 Å². The van der Waals surface area contributed by atoms with E-state index in [0.717, 1.165) is 29.5 Å². The molecule has 0 saturated heterocycles. The van der Waals surface area contributed by atoms with Crippen LogP contribution in [0, 0.1) is 6.92 Å². The highest BCUT2D eigenvalue weighted by molar-refractivity contribution is 8.00. The van der Waals surface area contributed by atoms with Crippen molar-refractivity contribution in [2.45, 2.75) is 50.1 Å². The van der Waals surface area contributed by atoms with Gasteiger partial charge < -0.3 is 9.88 Å². The average Bonchev–Trinajstić information content (AvgIpc) is 3.30. The van der Waals surface area contributed by atoms with Gasteiger partial charge in [0.05, 0.1) is 11.8 Å². The molecule has 1 N–H and O–H groups in total. The number of hydrogen-bond donors (Lipinski definition) is 1. The van der Waals surface area contributed by atoms with Crippen molar-refractivity contribution < 1.29 is 4.79 Å². The van der Waals surface area contributed by atoms with Crippen molar-refractivity contribution in [3.05, 3.63) is 71.0 Å².